The molecular formula is C11H12N2O. The molecule has 0 aliphatic heterocycles. The summed E-state index contributed by atoms with van der Waals surface area (Å²) in [5.74, 6) is 0.275. The lowest BCUT2D eigenvalue weighted by Gasteiger charge is -2.00. The minimum absolute atomic E-state index is 0.275. The lowest BCUT2D eigenvalue weighted by atomic mass is 10.3. The highest BCUT2D eigenvalue weighted by Gasteiger charge is 1.98. The van der Waals surface area contributed by atoms with Crippen LogP contribution in [0.3, 0.4) is 0 Å². The van der Waals surface area contributed by atoms with Crippen molar-refractivity contribution >= 4 is 0 Å². The molecule has 1 aromatic heterocycles. The van der Waals surface area contributed by atoms with Gasteiger partial charge in [0.2, 0.25) is 0 Å². The monoisotopic (exact) mass is 188 g/mol. The van der Waals surface area contributed by atoms with Crippen molar-refractivity contribution in [3.05, 3.63) is 42.2 Å². The molecule has 3 nitrogen and oxygen atoms in total. The topological polar surface area (TPSA) is 38.0 Å². The molecule has 1 heterocycles. The van der Waals surface area contributed by atoms with Crippen molar-refractivity contribution in [2.24, 2.45) is 0 Å². The van der Waals surface area contributed by atoms with Crippen LogP contribution in [0.2, 0.25) is 0 Å². The smallest absolute Gasteiger partial charge is 0.115 e. The lowest BCUT2D eigenvalue weighted by Crippen LogP contribution is -1.94. The third-order valence-corrected chi connectivity index (χ3v) is 2.12. The molecule has 0 atom stereocenters. The number of benzene rings is 1. The highest BCUT2D eigenvalue weighted by Crippen LogP contribution is 2.13. The molecule has 2 aromatic rings. The van der Waals surface area contributed by atoms with E-state index in [1.165, 1.54) is 0 Å². The van der Waals surface area contributed by atoms with Crippen molar-refractivity contribution in [3.63, 3.8) is 0 Å². The zero-order valence-corrected chi connectivity index (χ0v) is 8.01. The Morgan fingerprint density at radius 3 is 2.50 bits per heavy atom. The van der Waals surface area contributed by atoms with Gasteiger partial charge in [-0.15, -0.1) is 0 Å². The summed E-state index contributed by atoms with van der Waals surface area (Å²) in [4.78, 5) is 0. The predicted molar refractivity (Wildman–Crippen MR) is 54.6 cm³/mol. The van der Waals surface area contributed by atoms with E-state index in [-0.39, 0.29) is 5.75 Å². The Balaban J connectivity index is 2.34. The van der Waals surface area contributed by atoms with Crippen molar-refractivity contribution in [1.29, 1.82) is 0 Å². The first-order chi connectivity index (χ1) is 6.79. The molecule has 1 N–H and O–H groups in total. The first-order valence-corrected chi connectivity index (χ1v) is 4.63. The summed E-state index contributed by atoms with van der Waals surface area (Å²) in [7, 11) is 0. The van der Waals surface area contributed by atoms with Gasteiger partial charge in [0.15, 0.2) is 0 Å². The highest BCUT2D eigenvalue weighted by atomic mass is 16.3. The largest absolute Gasteiger partial charge is 0.508 e. The van der Waals surface area contributed by atoms with E-state index >= 15 is 0 Å². The molecule has 0 bridgehead atoms. The van der Waals surface area contributed by atoms with Crippen LogP contribution >= 0.6 is 0 Å². The Kier molecular flexibility index (Phi) is 2.23. The van der Waals surface area contributed by atoms with E-state index in [0.717, 1.165) is 17.8 Å². The van der Waals surface area contributed by atoms with Gasteiger partial charge < -0.3 is 5.11 Å². The molecular weight excluding hydrogens is 176 g/mol. The summed E-state index contributed by atoms with van der Waals surface area (Å²) in [6, 6.07) is 8.97. The average molecular weight is 188 g/mol. The van der Waals surface area contributed by atoms with Gasteiger partial charge in [-0.05, 0) is 36.8 Å². The van der Waals surface area contributed by atoms with Crippen LogP contribution in [0.25, 0.3) is 5.69 Å². The van der Waals surface area contributed by atoms with Gasteiger partial charge in [0, 0.05) is 6.20 Å². The number of aryl methyl sites for hydroxylation is 1. The van der Waals surface area contributed by atoms with Gasteiger partial charge in [0.05, 0.1) is 11.4 Å². The maximum atomic E-state index is 9.13. The third-order valence-electron chi connectivity index (χ3n) is 2.12. The van der Waals surface area contributed by atoms with Gasteiger partial charge in [-0.2, -0.15) is 5.10 Å². The zero-order chi connectivity index (χ0) is 9.97. The molecule has 0 spiro atoms. The summed E-state index contributed by atoms with van der Waals surface area (Å²) in [6.45, 7) is 2.07. The molecule has 2 rings (SSSR count). The molecule has 0 amide bonds. The van der Waals surface area contributed by atoms with Crippen LogP contribution in [0.1, 0.15) is 12.6 Å². The van der Waals surface area contributed by atoms with Crippen molar-refractivity contribution in [3.8, 4) is 11.4 Å². The second kappa shape index (κ2) is 3.54. The van der Waals surface area contributed by atoms with E-state index in [0.29, 0.717) is 0 Å². The summed E-state index contributed by atoms with van der Waals surface area (Å²) in [5.41, 5.74) is 2.03. The minimum atomic E-state index is 0.275. The van der Waals surface area contributed by atoms with Crippen LogP contribution in [0.4, 0.5) is 0 Å². The van der Waals surface area contributed by atoms with Gasteiger partial charge in [-0.25, -0.2) is 4.68 Å². The molecule has 0 aliphatic carbocycles. The third kappa shape index (κ3) is 1.62. The fourth-order valence-electron chi connectivity index (χ4n) is 1.30. The van der Waals surface area contributed by atoms with Crippen LogP contribution in [0, 0.1) is 0 Å². The van der Waals surface area contributed by atoms with Crippen molar-refractivity contribution in [1.82, 2.24) is 9.78 Å². The Labute approximate surface area is 82.6 Å². The summed E-state index contributed by atoms with van der Waals surface area (Å²) in [5, 5.41) is 13.5. The fourth-order valence-corrected chi connectivity index (χ4v) is 1.30. The Bertz CT molecular complexity index is 417. The number of nitrogens with zero attached hydrogens (tertiary/aromatic N) is 2. The first-order valence-electron chi connectivity index (χ1n) is 4.63. The van der Waals surface area contributed by atoms with Gasteiger partial charge in [0.1, 0.15) is 5.75 Å². The van der Waals surface area contributed by atoms with E-state index in [2.05, 4.69) is 12.0 Å². The Morgan fingerprint density at radius 1 is 1.21 bits per heavy atom. The average Bonchev–Trinajstić information content (AvgIpc) is 2.67. The quantitative estimate of drug-likeness (QED) is 0.784. The van der Waals surface area contributed by atoms with E-state index in [1.54, 1.807) is 16.8 Å². The summed E-state index contributed by atoms with van der Waals surface area (Å²) in [6.07, 6.45) is 2.86. The van der Waals surface area contributed by atoms with Gasteiger partial charge in [0.25, 0.3) is 0 Å². The number of phenolic OH excluding ortho intramolecular Hbond substituents is 1. The maximum absolute atomic E-state index is 9.13. The molecule has 0 fully saturated rings. The second-order valence-electron chi connectivity index (χ2n) is 3.12. The van der Waals surface area contributed by atoms with Gasteiger partial charge in [-0.3, -0.25) is 0 Å². The molecule has 0 saturated carbocycles. The maximum Gasteiger partial charge on any atom is 0.115 e. The second-order valence-corrected chi connectivity index (χ2v) is 3.12. The molecule has 0 unspecified atom stereocenters. The molecule has 0 radical (unpaired) electrons. The number of aromatic hydroxyl groups is 1. The van der Waals surface area contributed by atoms with Crippen LogP contribution in [0.5, 0.6) is 5.75 Å². The van der Waals surface area contributed by atoms with E-state index in [1.807, 2.05) is 24.4 Å². The van der Waals surface area contributed by atoms with Crippen molar-refractivity contribution in [2.45, 2.75) is 13.3 Å². The molecule has 72 valence electrons. The van der Waals surface area contributed by atoms with E-state index < -0.39 is 0 Å². The minimum Gasteiger partial charge on any atom is -0.508 e. The SMILES string of the molecule is CCc1ccn(-c2ccc(O)cc2)n1. The van der Waals surface area contributed by atoms with Crippen molar-refractivity contribution < 1.29 is 5.11 Å². The van der Waals surface area contributed by atoms with E-state index in [9.17, 15) is 0 Å². The number of rotatable bonds is 2. The van der Waals surface area contributed by atoms with Crippen molar-refractivity contribution in [2.75, 3.05) is 0 Å². The number of hydrogen-bond acceptors (Lipinski definition) is 2. The van der Waals surface area contributed by atoms with Gasteiger partial charge in [-0.1, -0.05) is 6.92 Å². The highest BCUT2D eigenvalue weighted by molar-refractivity contribution is 5.36. The Hall–Kier alpha value is -1.77. The molecule has 0 aliphatic rings. The number of hydrogen-bond donors (Lipinski definition) is 1. The molecule has 1 aromatic carbocycles. The number of aromatic nitrogens is 2. The van der Waals surface area contributed by atoms with Crippen LogP contribution < -0.4 is 0 Å². The van der Waals surface area contributed by atoms with E-state index in [4.69, 9.17) is 5.11 Å². The van der Waals surface area contributed by atoms with Gasteiger partial charge >= 0.3 is 0 Å². The summed E-state index contributed by atoms with van der Waals surface area (Å²) < 4.78 is 1.80. The molecule has 0 saturated heterocycles. The predicted octanol–water partition coefficient (Wildman–Crippen LogP) is 2.14. The Morgan fingerprint density at radius 2 is 1.93 bits per heavy atom. The zero-order valence-electron chi connectivity index (χ0n) is 8.01. The van der Waals surface area contributed by atoms with Crippen LogP contribution in [0.15, 0.2) is 36.5 Å². The first kappa shape index (κ1) is 8.81. The summed E-state index contributed by atoms with van der Waals surface area (Å²) >= 11 is 0. The van der Waals surface area contributed by atoms with Crippen LogP contribution in [-0.4, -0.2) is 14.9 Å². The number of phenols is 1. The lowest BCUT2D eigenvalue weighted by molar-refractivity contribution is 0.475. The fraction of sp³-hybridized carbons (Fsp3) is 0.182. The normalized spacial score (nSPS) is 10.4. The molecule has 14 heavy (non-hydrogen) atoms. The molecule has 3 heteroatoms. The standard InChI is InChI=1S/C11H12N2O/c1-2-9-7-8-13(12-9)10-3-5-11(14)6-4-10/h3-8,14H,2H2,1H3. The van der Waals surface area contributed by atoms with Crippen LogP contribution in [-0.2, 0) is 6.42 Å².